The number of aliphatic hydroxyl groups is 1. The Balaban J connectivity index is 2.39. The fourth-order valence-electron chi connectivity index (χ4n) is 1.39. The molecule has 5 nitrogen and oxygen atoms in total. The van der Waals surface area contributed by atoms with Crippen LogP contribution >= 0.6 is 0 Å². The van der Waals surface area contributed by atoms with Crippen molar-refractivity contribution in [3.63, 3.8) is 0 Å². The first-order chi connectivity index (χ1) is 7.22. The van der Waals surface area contributed by atoms with Crippen molar-refractivity contribution in [2.24, 2.45) is 5.73 Å². The van der Waals surface area contributed by atoms with E-state index in [1.807, 2.05) is 0 Å². The number of benzene rings is 1. The van der Waals surface area contributed by atoms with Crippen molar-refractivity contribution in [3.8, 4) is 0 Å². The highest BCUT2D eigenvalue weighted by molar-refractivity contribution is 6.02. The Labute approximate surface area is 85.9 Å². The maximum absolute atomic E-state index is 11.6. The number of ketones is 1. The number of H-pyrrole nitrogens is 1. The summed E-state index contributed by atoms with van der Waals surface area (Å²) >= 11 is 0. The van der Waals surface area contributed by atoms with Crippen LogP contribution in [-0.4, -0.2) is 33.5 Å². The molecule has 5 heteroatoms. The van der Waals surface area contributed by atoms with Gasteiger partial charge in [0.15, 0.2) is 5.78 Å². The van der Waals surface area contributed by atoms with E-state index in [1.54, 1.807) is 24.5 Å². The van der Waals surface area contributed by atoms with Gasteiger partial charge >= 0.3 is 0 Å². The summed E-state index contributed by atoms with van der Waals surface area (Å²) in [7, 11) is 0. The van der Waals surface area contributed by atoms with Gasteiger partial charge in [-0.05, 0) is 18.2 Å². The Kier molecular flexibility index (Phi) is 2.49. The lowest BCUT2D eigenvalue weighted by Gasteiger charge is -2.06. The molecule has 0 aliphatic heterocycles. The van der Waals surface area contributed by atoms with Gasteiger partial charge in [-0.3, -0.25) is 4.79 Å². The van der Waals surface area contributed by atoms with E-state index in [2.05, 4.69) is 9.97 Å². The van der Waals surface area contributed by atoms with Crippen LogP contribution in [0.15, 0.2) is 24.5 Å². The first kappa shape index (κ1) is 9.82. The van der Waals surface area contributed by atoms with Gasteiger partial charge in [0, 0.05) is 5.56 Å². The zero-order chi connectivity index (χ0) is 10.8. The Morgan fingerprint density at radius 1 is 1.60 bits per heavy atom. The molecule has 0 radical (unpaired) electrons. The van der Waals surface area contributed by atoms with Gasteiger partial charge < -0.3 is 15.8 Å². The molecular formula is C10H11N3O2. The van der Waals surface area contributed by atoms with Crippen LogP contribution in [0.2, 0.25) is 0 Å². The topological polar surface area (TPSA) is 92.0 Å². The average molecular weight is 205 g/mol. The van der Waals surface area contributed by atoms with Crippen molar-refractivity contribution < 1.29 is 9.90 Å². The second-order valence-electron chi connectivity index (χ2n) is 3.29. The minimum absolute atomic E-state index is 0.269. The van der Waals surface area contributed by atoms with Crippen LogP contribution in [0.25, 0.3) is 11.0 Å². The fraction of sp³-hybridized carbons (Fsp3) is 0.200. The van der Waals surface area contributed by atoms with E-state index in [-0.39, 0.29) is 12.4 Å². The molecular weight excluding hydrogens is 194 g/mol. The van der Waals surface area contributed by atoms with Crippen LogP contribution in [0.3, 0.4) is 0 Å². The molecule has 0 bridgehead atoms. The molecule has 0 saturated heterocycles. The maximum Gasteiger partial charge on any atom is 0.181 e. The molecule has 2 rings (SSSR count). The van der Waals surface area contributed by atoms with Gasteiger partial charge in [-0.15, -0.1) is 0 Å². The molecule has 15 heavy (non-hydrogen) atoms. The number of rotatable bonds is 3. The van der Waals surface area contributed by atoms with Crippen LogP contribution in [0, 0.1) is 0 Å². The molecule has 78 valence electrons. The number of aliphatic hydroxyl groups excluding tert-OH is 1. The van der Waals surface area contributed by atoms with E-state index in [4.69, 9.17) is 10.8 Å². The quantitative estimate of drug-likeness (QED) is 0.618. The van der Waals surface area contributed by atoms with Crippen molar-refractivity contribution in [2.45, 2.75) is 6.04 Å². The van der Waals surface area contributed by atoms with Crippen molar-refractivity contribution in [1.29, 1.82) is 0 Å². The van der Waals surface area contributed by atoms with Gasteiger partial charge in [0.25, 0.3) is 0 Å². The minimum atomic E-state index is -0.856. The molecule has 0 saturated carbocycles. The number of carbonyl (C=O) groups is 1. The van der Waals surface area contributed by atoms with Gasteiger partial charge in [0.05, 0.1) is 30.0 Å². The number of imidazole rings is 1. The third-order valence-electron chi connectivity index (χ3n) is 2.24. The van der Waals surface area contributed by atoms with E-state index in [9.17, 15) is 4.79 Å². The fourth-order valence-corrected chi connectivity index (χ4v) is 1.39. The Morgan fingerprint density at radius 3 is 3.13 bits per heavy atom. The van der Waals surface area contributed by atoms with Gasteiger partial charge in [-0.25, -0.2) is 4.98 Å². The number of nitrogens with zero attached hydrogens (tertiary/aromatic N) is 1. The molecule has 1 aromatic carbocycles. The number of nitrogens with two attached hydrogens (primary N) is 1. The van der Waals surface area contributed by atoms with Crippen LogP contribution < -0.4 is 5.73 Å². The smallest absolute Gasteiger partial charge is 0.181 e. The number of carbonyl (C=O) groups excluding carboxylic acids is 1. The summed E-state index contributed by atoms with van der Waals surface area (Å²) in [5.41, 5.74) is 7.50. The first-order valence-corrected chi connectivity index (χ1v) is 4.56. The van der Waals surface area contributed by atoms with Crippen LogP contribution in [-0.2, 0) is 0 Å². The van der Waals surface area contributed by atoms with Crippen molar-refractivity contribution >= 4 is 16.8 Å². The molecule has 0 fully saturated rings. The number of hydrogen-bond donors (Lipinski definition) is 3. The summed E-state index contributed by atoms with van der Waals surface area (Å²) in [5.74, 6) is -0.269. The van der Waals surface area contributed by atoms with E-state index in [0.717, 1.165) is 11.0 Å². The molecule has 0 amide bonds. The van der Waals surface area contributed by atoms with Crippen molar-refractivity contribution in [1.82, 2.24) is 9.97 Å². The van der Waals surface area contributed by atoms with Crippen molar-refractivity contribution in [2.75, 3.05) is 6.61 Å². The van der Waals surface area contributed by atoms with Crippen LogP contribution in [0.5, 0.6) is 0 Å². The summed E-state index contributed by atoms with van der Waals surface area (Å²) in [5, 5.41) is 8.77. The monoisotopic (exact) mass is 205 g/mol. The third-order valence-corrected chi connectivity index (χ3v) is 2.24. The minimum Gasteiger partial charge on any atom is -0.394 e. The number of hydrogen-bond acceptors (Lipinski definition) is 4. The number of aromatic nitrogens is 2. The van der Waals surface area contributed by atoms with Crippen molar-refractivity contribution in [3.05, 3.63) is 30.1 Å². The normalized spacial score (nSPS) is 12.9. The zero-order valence-corrected chi connectivity index (χ0v) is 7.97. The average Bonchev–Trinajstić information content (AvgIpc) is 2.73. The SMILES string of the molecule is NC(CO)C(=O)c1ccc2nc[nH]c2c1. The number of Topliss-reactive ketones (excluding diaryl/α,β-unsaturated/α-hetero) is 1. The maximum atomic E-state index is 11.6. The Morgan fingerprint density at radius 2 is 2.40 bits per heavy atom. The first-order valence-electron chi connectivity index (χ1n) is 4.56. The van der Waals surface area contributed by atoms with Gasteiger partial charge in [0.1, 0.15) is 0 Å². The highest BCUT2D eigenvalue weighted by atomic mass is 16.3. The predicted molar refractivity (Wildman–Crippen MR) is 55.5 cm³/mol. The molecule has 0 aliphatic carbocycles. The number of aromatic amines is 1. The van der Waals surface area contributed by atoms with E-state index >= 15 is 0 Å². The van der Waals surface area contributed by atoms with E-state index in [0.29, 0.717) is 5.56 Å². The molecule has 2 aromatic rings. The Hall–Kier alpha value is -1.72. The molecule has 1 heterocycles. The Bertz CT molecular complexity index is 492. The summed E-state index contributed by atoms with van der Waals surface area (Å²) in [6.45, 7) is -0.347. The lowest BCUT2D eigenvalue weighted by atomic mass is 10.1. The van der Waals surface area contributed by atoms with Gasteiger partial charge in [-0.1, -0.05) is 0 Å². The third kappa shape index (κ3) is 1.74. The molecule has 4 N–H and O–H groups in total. The molecule has 1 atom stereocenters. The predicted octanol–water partition coefficient (Wildman–Crippen LogP) is 0.0652. The molecule has 1 aromatic heterocycles. The summed E-state index contributed by atoms with van der Waals surface area (Å²) in [6.07, 6.45) is 1.56. The molecule has 1 unspecified atom stereocenters. The molecule has 0 aliphatic rings. The molecule has 0 spiro atoms. The van der Waals surface area contributed by atoms with Crippen LogP contribution in [0.4, 0.5) is 0 Å². The van der Waals surface area contributed by atoms with Crippen LogP contribution in [0.1, 0.15) is 10.4 Å². The number of fused-ring (bicyclic) bond motifs is 1. The highest BCUT2D eigenvalue weighted by Crippen LogP contribution is 2.12. The highest BCUT2D eigenvalue weighted by Gasteiger charge is 2.14. The van der Waals surface area contributed by atoms with Gasteiger partial charge in [-0.2, -0.15) is 0 Å². The summed E-state index contributed by atoms with van der Waals surface area (Å²) in [4.78, 5) is 18.6. The van der Waals surface area contributed by atoms with Gasteiger partial charge in [0.2, 0.25) is 0 Å². The summed E-state index contributed by atoms with van der Waals surface area (Å²) < 4.78 is 0. The second-order valence-corrected chi connectivity index (χ2v) is 3.29. The zero-order valence-electron chi connectivity index (χ0n) is 7.97. The summed E-state index contributed by atoms with van der Waals surface area (Å²) in [6, 6.07) is 4.22. The largest absolute Gasteiger partial charge is 0.394 e. The lowest BCUT2D eigenvalue weighted by molar-refractivity contribution is 0.0925. The van der Waals surface area contributed by atoms with E-state index in [1.165, 1.54) is 0 Å². The second kappa shape index (κ2) is 3.80. The standard InChI is InChI=1S/C10H11N3O2/c11-7(4-14)10(15)6-1-2-8-9(3-6)13-5-12-8/h1-3,5,7,14H,4,11H2,(H,12,13). The lowest BCUT2D eigenvalue weighted by Crippen LogP contribution is -2.33. The van der Waals surface area contributed by atoms with E-state index < -0.39 is 6.04 Å². The number of nitrogens with one attached hydrogen (secondary N) is 1.